The van der Waals surface area contributed by atoms with Gasteiger partial charge in [-0.15, -0.1) is 0 Å². The standard InChI is InChI=1S/C36H22N2/c1-3-11-26-23(9-1)17-19-37-35(26)32-21-25-22-33(36-27-12-4-2-10-24(27)18-20-38-36)29-14-6-8-16-31(29)34(25)30-15-7-5-13-28(30)32/h1-22H. The lowest BCUT2D eigenvalue weighted by Gasteiger charge is -2.16. The van der Waals surface area contributed by atoms with Gasteiger partial charge < -0.3 is 0 Å². The minimum Gasteiger partial charge on any atom is -0.256 e. The van der Waals surface area contributed by atoms with E-state index in [-0.39, 0.29) is 0 Å². The molecule has 0 saturated heterocycles. The largest absolute Gasteiger partial charge is 0.256 e. The smallest absolute Gasteiger partial charge is 0.0786 e. The number of aromatic nitrogens is 2. The first-order valence-electron chi connectivity index (χ1n) is 12.9. The van der Waals surface area contributed by atoms with E-state index >= 15 is 0 Å². The first-order chi connectivity index (χ1) is 18.9. The van der Waals surface area contributed by atoms with Crippen LogP contribution in [0.5, 0.6) is 0 Å². The van der Waals surface area contributed by atoms with Crippen molar-refractivity contribution >= 4 is 53.9 Å². The molecule has 2 heterocycles. The van der Waals surface area contributed by atoms with Gasteiger partial charge in [0.25, 0.3) is 0 Å². The van der Waals surface area contributed by atoms with Crippen LogP contribution in [0.4, 0.5) is 0 Å². The van der Waals surface area contributed by atoms with Gasteiger partial charge in [-0.05, 0) is 67.4 Å². The third-order valence-corrected chi connectivity index (χ3v) is 7.72. The Morgan fingerprint density at radius 1 is 0.342 bits per heavy atom. The van der Waals surface area contributed by atoms with Crippen LogP contribution in [0.25, 0.3) is 76.4 Å². The van der Waals surface area contributed by atoms with E-state index < -0.39 is 0 Å². The van der Waals surface area contributed by atoms with Gasteiger partial charge in [0, 0.05) is 34.3 Å². The van der Waals surface area contributed by atoms with Crippen molar-refractivity contribution in [1.29, 1.82) is 0 Å². The molecule has 8 aromatic rings. The summed E-state index contributed by atoms with van der Waals surface area (Å²) in [6.07, 6.45) is 3.84. The minimum atomic E-state index is 1.01. The van der Waals surface area contributed by atoms with Crippen molar-refractivity contribution in [3.63, 3.8) is 0 Å². The van der Waals surface area contributed by atoms with Gasteiger partial charge in [-0.3, -0.25) is 9.97 Å². The molecule has 0 aliphatic heterocycles. The number of benzene rings is 6. The zero-order valence-electron chi connectivity index (χ0n) is 20.6. The third kappa shape index (κ3) is 3.07. The molecule has 0 fully saturated rings. The number of hydrogen-bond acceptors (Lipinski definition) is 2. The van der Waals surface area contributed by atoms with Crippen molar-refractivity contribution in [1.82, 2.24) is 9.97 Å². The molecule has 176 valence electrons. The molecule has 0 N–H and O–H groups in total. The monoisotopic (exact) mass is 482 g/mol. The summed E-state index contributed by atoms with van der Waals surface area (Å²) in [5.74, 6) is 0. The van der Waals surface area contributed by atoms with E-state index in [4.69, 9.17) is 9.97 Å². The van der Waals surface area contributed by atoms with E-state index in [0.717, 1.165) is 33.3 Å². The lowest BCUT2D eigenvalue weighted by molar-refractivity contribution is 1.36. The van der Waals surface area contributed by atoms with Gasteiger partial charge in [-0.25, -0.2) is 0 Å². The van der Waals surface area contributed by atoms with E-state index in [1.807, 2.05) is 12.4 Å². The quantitative estimate of drug-likeness (QED) is 0.229. The summed E-state index contributed by atoms with van der Waals surface area (Å²) < 4.78 is 0. The van der Waals surface area contributed by atoms with E-state index in [2.05, 4.69) is 121 Å². The van der Waals surface area contributed by atoms with Crippen molar-refractivity contribution in [2.24, 2.45) is 0 Å². The first kappa shape index (κ1) is 21.0. The zero-order chi connectivity index (χ0) is 25.1. The average molecular weight is 483 g/mol. The van der Waals surface area contributed by atoms with Crippen molar-refractivity contribution in [2.75, 3.05) is 0 Å². The second-order valence-corrected chi connectivity index (χ2v) is 9.80. The van der Waals surface area contributed by atoms with Crippen LogP contribution in [0.2, 0.25) is 0 Å². The first-order valence-corrected chi connectivity index (χ1v) is 12.9. The van der Waals surface area contributed by atoms with E-state index in [9.17, 15) is 0 Å². The number of rotatable bonds is 2. The predicted molar refractivity (Wildman–Crippen MR) is 160 cm³/mol. The van der Waals surface area contributed by atoms with E-state index in [1.165, 1.54) is 43.1 Å². The second kappa shape index (κ2) is 8.22. The molecule has 38 heavy (non-hydrogen) atoms. The highest BCUT2D eigenvalue weighted by Gasteiger charge is 2.17. The number of nitrogens with zero attached hydrogens (tertiary/aromatic N) is 2. The van der Waals surface area contributed by atoms with Crippen molar-refractivity contribution in [3.05, 3.63) is 134 Å². The molecule has 0 aliphatic carbocycles. The summed E-state index contributed by atoms with van der Waals surface area (Å²) >= 11 is 0. The Kier molecular flexibility index (Phi) is 4.55. The molecule has 0 bridgehead atoms. The molecule has 0 aliphatic rings. The minimum absolute atomic E-state index is 1.01. The van der Waals surface area contributed by atoms with Gasteiger partial charge in [0.15, 0.2) is 0 Å². The highest BCUT2D eigenvalue weighted by Crippen LogP contribution is 2.43. The Labute approximate surface area is 219 Å². The highest BCUT2D eigenvalue weighted by atomic mass is 14.7. The average Bonchev–Trinajstić information content (AvgIpc) is 2.99. The predicted octanol–water partition coefficient (Wildman–Crippen LogP) is 9.58. The molecule has 0 amide bonds. The van der Waals surface area contributed by atoms with Crippen LogP contribution >= 0.6 is 0 Å². The molecule has 0 unspecified atom stereocenters. The number of fused-ring (bicyclic) bond motifs is 7. The highest BCUT2D eigenvalue weighted by molar-refractivity contribution is 6.26. The van der Waals surface area contributed by atoms with Gasteiger partial charge in [0.2, 0.25) is 0 Å². The summed E-state index contributed by atoms with van der Waals surface area (Å²) in [5, 5.41) is 12.1. The normalized spacial score (nSPS) is 11.7. The van der Waals surface area contributed by atoms with Gasteiger partial charge >= 0.3 is 0 Å². The summed E-state index contributed by atoms with van der Waals surface area (Å²) in [6, 6.07) is 43.3. The fourth-order valence-electron chi connectivity index (χ4n) is 6.04. The maximum atomic E-state index is 4.91. The maximum absolute atomic E-state index is 4.91. The summed E-state index contributed by atoms with van der Waals surface area (Å²) in [7, 11) is 0. The topological polar surface area (TPSA) is 25.8 Å². The summed E-state index contributed by atoms with van der Waals surface area (Å²) in [5.41, 5.74) is 4.33. The van der Waals surface area contributed by atoms with Gasteiger partial charge in [0.1, 0.15) is 0 Å². The maximum Gasteiger partial charge on any atom is 0.0786 e. The molecule has 2 heteroatoms. The van der Waals surface area contributed by atoms with E-state index in [0.29, 0.717) is 0 Å². The fourth-order valence-corrected chi connectivity index (χ4v) is 6.04. The molecule has 0 atom stereocenters. The van der Waals surface area contributed by atoms with Crippen LogP contribution in [0.3, 0.4) is 0 Å². The molecular formula is C36H22N2. The van der Waals surface area contributed by atoms with Crippen LogP contribution in [-0.4, -0.2) is 9.97 Å². The SMILES string of the molecule is c1ccc2c(-c3cc4cc(-c5nccc6ccccc56)c5ccccc5c4c4ccccc34)nccc2c1. The van der Waals surface area contributed by atoms with Crippen molar-refractivity contribution in [3.8, 4) is 22.5 Å². The third-order valence-electron chi connectivity index (χ3n) is 7.72. The van der Waals surface area contributed by atoms with Gasteiger partial charge in [0.05, 0.1) is 11.4 Å². The molecule has 0 saturated carbocycles. The Morgan fingerprint density at radius 2 is 0.737 bits per heavy atom. The molecule has 2 aromatic heterocycles. The lowest BCUT2D eigenvalue weighted by Crippen LogP contribution is -1.92. The number of pyridine rings is 2. The van der Waals surface area contributed by atoms with Crippen LogP contribution in [0.1, 0.15) is 0 Å². The van der Waals surface area contributed by atoms with Crippen LogP contribution in [0.15, 0.2) is 134 Å². The molecule has 2 nitrogen and oxygen atoms in total. The van der Waals surface area contributed by atoms with Crippen LogP contribution in [0, 0.1) is 0 Å². The lowest BCUT2D eigenvalue weighted by atomic mass is 9.88. The molecule has 8 rings (SSSR count). The Balaban J connectivity index is 1.55. The van der Waals surface area contributed by atoms with E-state index in [1.54, 1.807) is 0 Å². The Hall–Kier alpha value is -5.08. The van der Waals surface area contributed by atoms with Gasteiger partial charge in [-0.2, -0.15) is 0 Å². The Morgan fingerprint density at radius 3 is 1.21 bits per heavy atom. The van der Waals surface area contributed by atoms with Crippen molar-refractivity contribution < 1.29 is 0 Å². The fraction of sp³-hybridized carbons (Fsp3) is 0. The summed E-state index contributed by atoms with van der Waals surface area (Å²) in [4.78, 5) is 9.81. The molecule has 0 radical (unpaired) electrons. The summed E-state index contributed by atoms with van der Waals surface area (Å²) in [6.45, 7) is 0. The second-order valence-electron chi connectivity index (χ2n) is 9.80. The van der Waals surface area contributed by atoms with Gasteiger partial charge in [-0.1, -0.05) is 97.1 Å². The zero-order valence-corrected chi connectivity index (χ0v) is 20.6. The molecule has 6 aromatic carbocycles. The molecular weight excluding hydrogens is 460 g/mol. The van der Waals surface area contributed by atoms with Crippen LogP contribution in [-0.2, 0) is 0 Å². The Bertz CT molecular complexity index is 2030. The van der Waals surface area contributed by atoms with Crippen LogP contribution < -0.4 is 0 Å². The van der Waals surface area contributed by atoms with Crippen molar-refractivity contribution in [2.45, 2.75) is 0 Å². The number of hydrogen-bond donors (Lipinski definition) is 0. The molecule has 0 spiro atoms.